The van der Waals surface area contributed by atoms with Gasteiger partial charge in [-0.2, -0.15) is 5.10 Å². The average Bonchev–Trinajstić information content (AvgIpc) is 3.18. The third-order valence-electron chi connectivity index (χ3n) is 4.19. The van der Waals surface area contributed by atoms with E-state index in [1.807, 2.05) is 36.5 Å². The van der Waals surface area contributed by atoms with Gasteiger partial charge >= 0.3 is 0 Å². The van der Waals surface area contributed by atoms with Crippen LogP contribution in [-0.2, 0) is 0 Å². The van der Waals surface area contributed by atoms with Gasteiger partial charge in [0.25, 0.3) is 0 Å². The van der Waals surface area contributed by atoms with Gasteiger partial charge in [0, 0.05) is 22.3 Å². The molecule has 0 unspecified atom stereocenters. The summed E-state index contributed by atoms with van der Waals surface area (Å²) in [5.74, 6) is 0.882. The highest BCUT2D eigenvalue weighted by molar-refractivity contribution is 6.30. The first-order valence-corrected chi connectivity index (χ1v) is 8.51. The molecule has 2 aromatic carbocycles. The number of nitrogens with zero attached hydrogens (tertiary/aromatic N) is 4. The van der Waals surface area contributed by atoms with Gasteiger partial charge in [-0.05, 0) is 23.3 Å². The van der Waals surface area contributed by atoms with Crippen molar-refractivity contribution in [3.63, 3.8) is 0 Å². The number of carbonyl (C=O) groups is 1. The Morgan fingerprint density at radius 2 is 1.78 bits per heavy atom. The lowest BCUT2D eigenvalue weighted by atomic mass is 10.0. The summed E-state index contributed by atoms with van der Waals surface area (Å²) in [5.41, 5.74) is 9.81. The van der Waals surface area contributed by atoms with Crippen LogP contribution in [0.4, 0.5) is 5.82 Å². The molecule has 7 heteroatoms. The molecule has 6 nitrogen and oxygen atoms in total. The number of benzene rings is 2. The maximum Gasteiger partial charge on any atom is 0.166 e. The first-order valence-electron chi connectivity index (χ1n) is 8.13. The van der Waals surface area contributed by atoms with E-state index in [2.05, 4.69) is 15.1 Å². The Hall–Kier alpha value is -3.51. The van der Waals surface area contributed by atoms with Crippen molar-refractivity contribution in [1.82, 2.24) is 19.7 Å². The lowest BCUT2D eigenvalue weighted by Crippen LogP contribution is -2.05. The molecule has 0 saturated carbocycles. The van der Waals surface area contributed by atoms with E-state index in [9.17, 15) is 4.79 Å². The lowest BCUT2D eigenvalue weighted by molar-refractivity contribution is 0.112. The van der Waals surface area contributed by atoms with Crippen molar-refractivity contribution in [3.8, 4) is 28.1 Å². The summed E-state index contributed by atoms with van der Waals surface area (Å²) >= 11 is 5.99. The maximum absolute atomic E-state index is 11.3. The van der Waals surface area contributed by atoms with Crippen molar-refractivity contribution in [2.45, 2.75) is 0 Å². The molecule has 2 aromatic heterocycles. The van der Waals surface area contributed by atoms with E-state index in [0.717, 1.165) is 23.0 Å². The number of nitrogen functional groups attached to an aromatic ring is 1. The Morgan fingerprint density at radius 3 is 2.56 bits per heavy atom. The number of anilines is 1. The van der Waals surface area contributed by atoms with Gasteiger partial charge in [-0.1, -0.05) is 48.0 Å². The van der Waals surface area contributed by atoms with E-state index >= 15 is 0 Å². The SMILES string of the molecule is Nc1ncnc(-n2cc(-c3ccccc3C=O)cn2)c1-c1ccc(Cl)cc1. The van der Waals surface area contributed by atoms with E-state index in [1.165, 1.54) is 6.33 Å². The molecule has 132 valence electrons. The third kappa shape index (κ3) is 3.18. The van der Waals surface area contributed by atoms with Crippen LogP contribution < -0.4 is 5.73 Å². The topological polar surface area (TPSA) is 86.7 Å². The first-order chi connectivity index (χ1) is 13.2. The van der Waals surface area contributed by atoms with Crippen LogP contribution in [0.3, 0.4) is 0 Å². The number of hydrogen-bond donors (Lipinski definition) is 1. The van der Waals surface area contributed by atoms with Crippen LogP contribution in [0.2, 0.25) is 5.02 Å². The van der Waals surface area contributed by atoms with E-state index in [0.29, 0.717) is 27.8 Å². The van der Waals surface area contributed by atoms with Crippen LogP contribution in [0.25, 0.3) is 28.1 Å². The molecule has 4 rings (SSSR count). The number of aromatic nitrogens is 4. The molecule has 4 aromatic rings. The van der Waals surface area contributed by atoms with Crippen LogP contribution in [0.1, 0.15) is 10.4 Å². The number of hydrogen-bond acceptors (Lipinski definition) is 5. The van der Waals surface area contributed by atoms with Gasteiger partial charge in [0.1, 0.15) is 12.1 Å². The van der Waals surface area contributed by atoms with Crippen LogP contribution >= 0.6 is 11.6 Å². The molecule has 0 aliphatic rings. The van der Waals surface area contributed by atoms with E-state index in [4.69, 9.17) is 17.3 Å². The minimum absolute atomic E-state index is 0.340. The highest BCUT2D eigenvalue weighted by atomic mass is 35.5. The monoisotopic (exact) mass is 375 g/mol. The fourth-order valence-corrected chi connectivity index (χ4v) is 3.02. The number of aldehydes is 1. The largest absolute Gasteiger partial charge is 0.383 e. The molecule has 0 saturated heterocycles. The Morgan fingerprint density at radius 1 is 1.00 bits per heavy atom. The number of rotatable bonds is 4. The molecule has 2 N–H and O–H groups in total. The second-order valence-electron chi connectivity index (χ2n) is 5.84. The van der Waals surface area contributed by atoms with Gasteiger partial charge in [0.2, 0.25) is 0 Å². The minimum Gasteiger partial charge on any atom is -0.383 e. The zero-order chi connectivity index (χ0) is 18.8. The van der Waals surface area contributed by atoms with Gasteiger partial charge in [0.15, 0.2) is 12.1 Å². The second-order valence-corrected chi connectivity index (χ2v) is 6.28. The van der Waals surface area contributed by atoms with Gasteiger partial charge < -0.3 is 5.73 Å². The summed E-state index contributed by atoms with van der Waals surface area (Å²) in [6.07, 6.45) is 5.72. The predicted octanol–water partition coefficient (Wildman–Crippen LogP) is 4.04. The quantitative estimate of drug-likeness (QED) is 0.544. The molecule has 0 aliphatic heterocycles. The zero-order valence-electron chi connectivity index (χ0n) is 14.1. The summed E-state index contributed by atoms with van der Waals surface area (Å²) in [6.45, 7) is 0. The van der Waals surface area contributed by atoms with Crippen molar-refractivity contribution >= 4 is 23.7 Å². The number of halogens is 1. The molecule has 2 heterocycles. The molecule has 0 amide bonds. The third-order valence-corrected chi connectivity index (χ3v) is 4.44. The Bertz CT molecular complexity index is 1120. The molecule has 0 bridgehead atoms. The average molecular weight is 376 g/mol. The number of nitrogens with two attached hydrogens (primary N) is 1. The zero-order valence-corrected chi connectivity index (χ0v) is 14.8. The van der Waals surface area contributed by atoms with E-state index < -0.39 is 0 Å². The first kappa shape index (κ1) is 16.9. The highest BCUT2D eigenvalue weighted by Gasteiger charge is 2.15. The molecule has 0 atom stereocenters. The van der Waals surface area contributed by atoms with Crippen LogP contribution in [0, 0.1) is 0 Å². The van der Waals surface area contributed by atoms with Gasteiger partial charge in [-0.25, -0.2) is 14.6 Å². The van der Waals surface area contributed by atoms with Gasteiger partial charge in [0.05, 0.1) is 11.8 Å². The number of carbonyl (C=O) groups excluding carboxylic acids is 1. The predicted molar refractivity (Wildman–Crippen MR) is 105 cm³/mol. The standard InChI is InChI=1S/C20H14ClN5O/c21-16-7-5-13(6-8-16)18-19(22)23-12-24-20(18)26-10-15(9-25-26)17-4-2-1-3-14(17)11-27/h1-12H,(H2,22,23,24). The summed E-state index contributed by atoms with van der Waals surface area (Å²) < 4.78 is 1.62. The van der Waals surface area contributed by atoms with Crippen LogP contribution in [0.15, 0.2) is 67.3 Å². The smallest absolute Gasteiger partial charge is 0.166 e. The molecule has 0 fully saturated rings. The van der Waals surface area contributed by atoms with Crippen LogP contribution in [0.5, 0.6) is 0 Å². The molecule has 0 radical (unpaired) electrons. The van der Waals surface area contributed by atoms with E-state index in [1.54, 1.807) is 29.1 Å². The highest BCUT2D eigenvalue weighted by Crippen LogP contribution is 2.31. The maximum atomic E-state index is 11.3. The van der Waals surface area contributed by atoms with Crippen molar-refractivity contribution in [3.05, 3.63) is 77.8 Å². The summed E-state index contributed by atoms with van der Waals surface area (Å²) in [7, 11) is 0. The summed E-state index contributed by atoms with van der Waals surface area (Å²) in [5, 5.41) is 5.04. The van der Waals surface area contributed by atoms with Crippen molar-refractivity contribution in [2.75, 3.05) is 5.73 Å². The fraction of sp³-hybridized carbons (Fsp3) is 0. The Labute approximate surface area is 160 Å². The Kier molecular flexibility index (Phi) is 4.40. The fourth-order valence-electron chi connectivity index (χ4n) is 2.90. The summed E-state index contributed by atoms with van der Waals surface area (Å²) in [4.78, 5) is 19.8. The minimum atomic E-state index is 0.340. The molecular formula is C20H14ClN5O. The van der Waals surface area contributed by atoms with Crippen molar-refractivity contribution in [1.29, 1.82) is 0 Å². The van der Waals surface area contributed by atoms with Gasteiger partial charge in [-0.15, -0.1) is 0 Å². The summed E-state index contributed by atoms with van der Waals surface area (Å²) in [6, 6.07) is 14.6. The van der Waals surface area contributed by atoms with E-state index in [-0.39, 0.29) is 0 Å². The van der Waals surface area contributed by atoms with Gasteiger partial charge in [-0.3, -0.25) is 4.79 Å². The lowest BCUT2D eigenvalue weighted by Gasteiger charge is -2.10. The Balaban J connectivity index is 1.84. The molecule has 0 spiro atoms. The molecule has 27 heavy (non-hydrogen) atoms. The molecular weight excluding hydrogens is 362 g/mol. The second kappa shape index (κ2) is 7.01. The normalized spacial score (nSPS) is 10.7. The molecule has 0 aliphatic carbocycles. The van der Waals surface area contributed by atoms with Crippen LogP contribution in [-0.4, -0.2) is 26.0 Å². The van der Waals surface area contributed by atoms with Crippen molar-refractivity contribution < 1.29 is 4.79 Å². The van der Waals surface area contributed by atoms with Crippen molar-refractivity contribution in [2.24, 2.45) is 0 Å².